The number of hydrogen-bond acceptors (Lipinski definition) is 7. The van der Waals surface area contributed by atoms with Gasteiger partial charge in [-0.25, -0.2) is 22.2 Å². The number of sulfonamides is 1. The van der Waals surface area contributed by atoms with Crippen molar-refractivity contribution in [3.05, 3.63) is 17.0 Å². The summed E-state index contributed by atoms with van der Waals surface area (Å²) in [6.07, 6.45) is 4.72. The summed E-state index contributed by atoms with van der Waals surface area (Å²) in [6.45, 7) is 5.73. The third kappa shape index (κ3) is 4.47. The van der Waals surface area contributed by atoms with Crippen molar-refractivity contribution in [2.24, 2.45) is 0 Å². The summed E-state index contributed by atoms with van der Waals surface area (Å²) in [4.78, 5) is 23.4. The summed E-state index contributed by atoms with van der Waals surface area (Å²) in [5, 5.41) is 5.11. The van der Waals surface area contributed by atoms with Crippen LogP contribution in [0, 0.1) is 13.8 Å². The molecule has 0 radical (unpaired) electrons. The predicted molar refractivity (Wildman–Crippen MR) is 108 cm³/mol. The number of hydrogen-bond donors (Lipinski definition) is 0. The lowest BCUT2D eigenvalue weighted by Gasteiger charge is -2.21. The number of carbonyl (C=O) groups is 1. The van der Waals surface area contributed by atoms with Crippen LogP contribution in [0.1, 0.15) is 29.8 Å². The summed E-state index contributed by atoms with van der Waals surface area (Å²) in [5.74, 6) is 0.612. The molecule has 0 atom stereocenters. The van der Waals surface area contributed by atoms with Gasteiger partial charge in [-0.2, -0.15) is 4.98 Å². The second kappa shape index (κ2) is 8.34. The Kier molecular flexibility index (Phi) is 6.25. The van der Waals surface area contributed by atoms with E-state index in [-0.39, 0.29) is 5.91 Å². The average molecular weight is 427 g/mol. The van der Waals surface area contributed by atoms with Gasteiger partial charge in [0, 0.05) is 44.0 Å². The lowest BCUT2D eigenvalue weighted by Crippen LogP contribution is -2.37. The minimum absolute atomic E-state index is 0.0395. The van der Waals surface area contributed by atoms with E-state index in [4.69, 9.17) is 0 Å². The Morgan fingerprint density at radius 3 is 2.57 bits per heavy atom. The molecular formula is C17H26N6O3S2. The van der Waals surface area contributed by atoms with Crippen LogP contribution in [0.3, 0.4) is 0 Å². The second-order valence-electron chi connectivity index (χ2n) is 6.97. The fourth-order valence-corrected chi connectivity index (χ4v) is 4.71. The minimum atomic E-state index is -3.22. The van der Waals surface area contributed by atoms with Crippen molar-refractivity contribution < 1.29 is 13.2 Å². The number of nitrogens with zero attached hydrogens (tertiary/aromatic N) is 6. The Bertz CT molecular complexity index is 988. The number of amides is 1. The van der Waals surface area contributed by atoms with Gasteiger partial charge in [-0.15, -0.1) is 5.10 Å². The van der Waals surface area contributed by atoms with Crippen LogP contribution in [0.15, 0.2) is 5.16 Å². The highest BCUT2D eigenvalue weighted by Gasteiger charge is 2.24. The molecule has 1 saturated heterocycles. The van der Waals surface area contributed by atoms with Crippen LogP contribution < -0.4 is 0 Å². The van der Waals surface area contributed by atoms with Crippen molar-refractivity contribution in [3.63, 3.8) is 0 Å². The summed E-state index contributed by atoms with van der Waals surface area (Å²) >= 11 is 1.47. The molecule has 0 bridgehead atoms. The van der Waals surface area contributed by atoms with E-state index in [9.17, 15) is 13.2 Å². The fourth-order valence-electron chi connectivity index (χ4n) is 3.50. The number of fused-ring (bicyclic) bond motifs is 1. The average Bonchev–Trinajstić information content (AvgIpc) is 2.87. The zero-order valence-electron chi connectivity index (χ0n) is 16.7. The molecule has 0 aliphatic carbocycles. The second-order valence-corrected chi connectivity index (χ2v) is 9.72. The van der Waals surface area contributed by atoms with Gasteiger partial charge in [0.1, 0.15) is 0 Å². The smallest absolute Gasteiger partial charge is 0.253 e. The molecular weight excluding hydrogens is 400 g/mol. The van der Waals surface area contributed by atoms with E-state index in [1.165, 1.54) is 22.3 Å². The van der Waals surface area contributed by atoms with Gasteiger partial charge in [-0.1, -0.05) is 11.8 Å². The molecule has 0 spiro atoms. The maximum Gasteiger partial charge on any atom is 0.253 e. The van der Waals surface area contributed by atoms with Gasteiger partial charge in [-0.05, 0) is 38.5 Å². The van der Waals surface area contributed by atoms with Crippen molar-refractivity contribution in [2.45, 2.75) is 38.3 Å². The van der Waals surface area contributed by atoms with E-state index in [0.717, 1.165) is 17.0 Å². The zero-order valence-corrected chi connectivity index (χ0v) is 18.3. The molecule has 11 heteroatoms. The third-order valence-electron chi connectivity index (χ3n) is 5.08. The van der Waals surface area contributed by atoms with Crippen molar-refractivity contribution in [3.8, 4) is 0 Å². The van der Waals surface area contributed by atoms with Gasteiger partial charge < -0.3 is 4.90 Å². The Morgan fingerprint density at radius 1 is 1.14 bits per heavy atom. The van der Waals surface area contributed by atoms with Crippen LogP contribution in [-0.4, -0.2) is 81.8 Å². The predicted octanol–water partition coefficient (Wildman–Crippen LogP) is 0.890. The highest BCUT2D eigenvalue weighted by atomic mass is 32.2. The molecule has 1 fully saturated rings. The van der Waals surface area contributed by atoms with Crippen LogP contribution in [0.25, 0.3) is 5.78 Å². The Balaban J connectivity index is 1.69. The standard InChI is InChI=1S/C17H26N6O3S2/c1-12-14(13(2)23-16(18-12)19-17(20-23)27-3)6-7-15(24)21-8-5-9-22(11-10-21)28(4,25)26/h5-11H2,1-4H3. The van der Waals surface area contributed by atoms with E-state index in [1.807, 2.05) is 20.1 Å². The number of rotatable bonds is 5. The van der Waals surface area contributed by atoms with Gasteiger partial charge in [-0.3, -0.25) is 4.79 Å². The van der Waals surface area contributed by atoms with Crippen LogP contribution in [-0.2, 0) is 21.2 Å². The molecule has 1 aliphatic rings. The van der Waals surface area contributed by atoms with Gasteiger partial charge in [0.25, 0.3) is 5.78 Å². The maximum absolute atomic E-state index is 12.7. The van der Waals surface area contributed by atoms with Crippen molar-refractivity contribution in [2.75, 3.05) is 38.7 Å². The van der Waals surface area contributed by atoms with Gasteiger partial charge >= 0.3 is 0 Å². The molecule has 1 amide bonds. The third-order valence-corrected chi connectivity index (χ3v) is 6.92. The molecule has 3 heterocycles. The van der Waals surface area contributed by atoms with E-state index in [1.54, 1.807) is 9.42 Å². The van der Waals surface area contributed by atoms with Gasteiger partial charge in [0.15, 0.2) is 0 Å². The summed E-state index contributed by atoms with van der Waals surface area (Å²) in [6, 6.07) is 0. The van der Waals surface area contributed by atoms with Crippen molar-refractivity contribution in [1.29, 1.82) is 0 Å². The van der Waals surface area contributed by atoms with Gasteiger partial charge in [0.05, 0.1) is 6.26 Å². The highest BCUT2D eigenvalue weighted by Crippen LogP contribution is 2.19. The first kappa shape index (κ1) is 21.0. The van der Waals surface area contributed by atoms with Crippen LogP contribution in [0.5, 0.6) is 0 Å². The summed E-state index contributed by atoms with van der Waals surface area (Å²) in [7, 11) is -3.22. The normalized spacial score (nSPS) is 16.5. The maximum atomic E-state index is 12.7. The Morgan fingerprint density at radius 2 is 1.89 bits per heavy atom. The van der Waals surface area contributed by atoms with Crippen molar-refractivity contribution >= 4 is 33.5 Å². The molecule has 28 heavy (non-hydrogen) atoms. The van der Waals surface area contributed by atoms with Crippen molar-refractivity contribution in [1.82, 2.24) is 28.8 Å². The molecule has 0 saturated carbocycles. The number of aryl methyl sites for hydroxylation is 2. The fraction of sp³-hybridized carbons (Fsp3) is 0.647. The molecule has 2 aromatic rings. The summed E-state index contributed by atoms with van der Waals surface area (Å²) < 4.78 is 26.6. The first-order valence-corrected chi connectivity index (χ1v) is 12.3. The number of aromatic nitrogens is 4. The van der Waals surface area contributed by atoms with E-state index >= 15 is 0 Å². The van der Waals surface area contributed by atoms with E-state index in [2.05, 4.69) is 15.1 Å². The molecule has 0 aromatic carbocycles. The van der Waals surface area contributed by atoms with Gasteiger partial charge in [0.2, 0.25) is 21.1 Å². The van der Waals surface area contributed by atoms with E-state index in [0.29, 0.717) is 56.4 Å². The van der Waals surface area contributed by atoms with E-state index < -0.39 is 10.0 Å². The lowest BCUT2D eigenvalue weighted by atomic mass is 10.1. The minimum Gasteiger partial charge on any atom is -0.341 e. The molecule has 2 aromatic heterocycles. The topological polar surface area (TPSA) is 101 Å². The largest absolute Gasteiger partial charge is 0.341 e. The van der Waals surface area contributed by atoms with Crippen LogP contribution in [0.2, 0.25) is 0 Å². The van der Waals surface area contributed by atoms with Crippen LogP contribution in [0.4, 0.5) is 0 Å². The Hall–Kier alpha value is -1.72. The molecule has 0 N–H and O–H groups in total. The number of carbonyl (C=O) groups excluding carboxylic acids is 1. The molecule has 9 nitrogen and oxygen atoms in total. The first-order valence-electron chi connectivity index (χ1n) is 9.20. The first-order chi connectivity index (χ1) is 13.2. The molecule has 154 valence electrons. The Labute approximate surface area is 169 Å². The highest BCUT2D eigenvalue weighted by molar-refractivity contribution is 7.98. The number of thioether (sulfide) groups is 1. The molecule has 1 aliphatic heterocycles. The summed E-state index contributed by atoms with van der Waals surface area (Å²) in [5.41, 5.74) is 2.81. The monoisotopic (exact) mass is 426 g/mol. The van der Waals surface area contributed by atoms with Crippen LogP contribution >= 0.6 is 11.8 Å². The quantitative estimate of drug-likeness (QED) is 0.655. The molecule has 0 unspecified atom stereocenters. The lowest BCUT2D eigenvalue weighted by molar-refractivity contribution is -0.131. The molecule has 3 rings (SSSR count). The zero-order chi connectivity index (χ0) is 20.5. The SMILES string of the molecule is CSc1nc2nc(C)c(CCC(=O)N3CCCN(S(C)(=O)=O)CC3)c(C)n2n1.